The van der Waals surface area contributed by atoms with Crippen LogP contribution in [0.1, 0.15) is 64.4 Å². The zero-order valence-corrected chi connectivity index (χ0v) is 17.6. The molecule has 1 heteroatoms. The Balaban J connectivity index is 1.73. The molecule has 1 unspecified atom stereocenters. The van der Waals surface area contributed by atoms with Crippen LogP contribution in [-0.4, -0.2) is 0 Å². The number of benzene rings is 2. The van der Waals surface area contributed by atoms with Crippen LogP contribution < -0.4 is 4.90 Å². The molecule has 0 bridgehead atoms. The molecule has 2 aromatic carbocycles. The Labute approximate surface area is 171 Å². The normalized spacial score (nSPS) is 14.6. The SMILES string of the molecule is CCCCC(CC)CCc1ccc(N(C2=CC=CCC2)c2ccccc2)cc1. The maximum absolute atomic E-state index is 2.41. The van der Waals surface area contributed by atoms with E-state index in [4.69, 9.17) is 0 Å². The highest BCUT2D eigenvalue weighted by Gasteiger charge is 2.15. The molecule has 0 heterocycles. The number of allylic oxidation sites excluding steroid dienone is 4. The first-order valence-corrected chi connectivity index (χ1v) is 11.1. The summed E-state index contributed by atoms with van der Waals surface area (Å²) >= 11 is 0. The van der Waals surface area contributed by atoms with Crippen LogP contribution in [0.15, 0.2) is 78.5 Å². The average Bonchev–Trinajstić information content (AvgIpc) is 2.76. The second kappa shape index (κ2) is 10.9. The summed E-state index contributed by atoms with van der Waals surface area (Å²) in [5.41, 5.74) is 5.33. The fourth-order valence-corrected chi connectivity index (χ4v) is 4.06. The van der Waals surface area contributed by atoms with Crippen LogP contribution in [0.3, 0.4) is 0 Å². The van der Waals surface area contributed by atoms with Crippen LogP contribution in [0.5, 0.6) is 0 Å². The Bertz CT molecular complexity index is 755. The van der Waals surface area contributed by atoms with Crippen molar-refractivity contribution in [3.63, 3.8) is 0 Å². The molecule has 2 aromatic rings. The fraction of sp³-hybridized carbons (Fsp3) is 0.407. The van der Waals surface area contributed by atoms with Gasteiger partial charge in [0, 0.05) is 17.1 Å². The zero-order valence-electron chi connectivity index (χ0n) is 17.6. The van der Waals surface area contributed by atoms with Gasteiger partial charge in [0.15, 0.2) is 0 Å². The van der Waals surface area contributed by atoms with Crippen molar-refractivity contribution >= 4 is 11.4 Å². The van der Waals surface area contributed by atoms with Crippen molar-refractivity contribution in [3.8, 4) is 0 Å². The molecular formula is C27H35N. The van der Waals surface area contributed by atoms with Gasteiger partial charge in [-0.3, -0.25) is 0 Å². The van der Waals surface area contributed by atoms with Gasteiger partial charge in [0.05, 0.1) is 0 Å². The van der Waals surface area contributed by atoms with Gasteiger partial charge in [0.2, 0.25) is 0 Å². The molecule has 0 saturated carbocycles. The van der Waals surface area contributed by atoms with E-state index in [1.54, 1.807) is 0 Å². The van der Waals surface area contributed by atoms with E-state index < -0.39 is 0 Å². The summed E-state index contributed by atoms with van der Waals surface area (Å²) in [4.78, 5) is 2.41. The van der Waals surface area contributed by atoms with E-state index in [-0.39, 0.29) is 0 Å². The van der Waals surface area contributed by atoms with Crippen molar-refractivity contribution < 1.29 is 0 Å². The number of rotatable bonds is 10. The predicted octanol–water partition coefficient (Wildman–Crippen LogP) is 8.21. The largest absolute Gasteiger partial charge is 0.314 e. The monoisotopic (exact) mass is 373 g/mol. The third-order valence-electron chi connectivity index (χ3n) is 5.87. The zero-order chi connectivity index (χ0) is 19.6. The Kier molecular flexibility index (Phi) is 7.96. The Morgan fingerprint density at radius 1 is 0.893 bits per heavy atom. The lowest BCUT2D eigenvalue weighted by atomic mass is 9.92. The Morgan fingerprint density at radius 2 is 1.64 bits per heavy atom. The number of hydrogen-bond acceptors (Lipinski definition) is 1. The van der Waals surface area contributed by atoms with Crippen molar-refractivity contribution in [2.45, 2.75) is 65.2 Å². The lowest BCUT2D eigenvalue weighted by Crippen LogP contribution is -2.17. The van der Waals surface area contributed by atoms with Crippen molar-refractivity contribution in [2.75, 3.05) is 4.90 Å². The van der Waals surface area contributed by atoms with E-state index in [1.165, 1.54) is 61.2 Å². The maximum atomic E-state index is 2.41. The van der Waals surface area contributed by atoms with E-state index in [0.29, 0.717) is 0 Å². The lowest BCUT2D eigenvalue weighted by Gasteiger charge is -2.29. The first-order valence-electron chi connectivity index (χ1n) is 11.1. The van der Waals surface area contributed by atoms with Crippen LogP contribution in [0.4, 0.5) is 11.4 Å². The number of anilines is 2. The van der Waals surface area contributed by atoms with Crippen LogP contribution in [0, 0.1) is 5.92 Å². The molecule has 1 nitrogen and oxygen atoms in total. The summed E-state index contributed by atoms with van der Waals surface area (Å²) in [6, 6.07) is 20.0. The molecule has 0 aliphatic heterocycles. The molecule has 0 amide bonds. The van der Waals surface area contributed by atoms with E-state index in [9.17, 15) is 0 Å². The Hall–Kier alpha value is -2.28. The van der Waals surface area contributed by atoms with E-state index in [2.05, 4.69) is 91.6 Å². The van der Waals surface area contributed by atoms with Crippen molar-refractivity contribution in [1.29, 1.82) is 0 Å². The molecule has 148 valence electrons. The van der Waals surface area contributed by atoms with E-state index >= 15 is 0 Å². The topological polar surface area (TPSA) is 3.24 Å². The number of unbranched alkanes of at least 4 members (excludes halogenated alkanes) is 1. The molecule has 0 radical (unpaired) electrons. The number of nitrogens with zero attached hydrogens (tertiary/aromatic N) is 1. The van der Waals surface area contributed by atoms with Crippen molar-refractivity contribution in [2.24, 2.45) is 5.92 Å². The van der Waals surface area contributed by atoms with Gasteiger partial charge in [-0.1, -0.05) is 82.0 Å². The van der Waals surface area contributed by atoms with Gasteiger partial charge in [-0.25, -0.2) is 0 Å². The maximum Gasteiger partial charge on any atom is 0.0458 e. The quantitative estimate of drug-likeness (QED) is 0.405. The van der Waals surface area contributed by atoms with E-state index in [0.717, 1.165) is 18.8 Å². The van der Waals surface area contributed by atoms with E-state index in [1.807, 2.05) is 0 Å². The van der Waals surface area contributed by atoms with Gasteiger partial charge in [0.1, 0.15) is 0 Å². The highest BCUT2D eigenvalue weighted by molar-refractivity contribution is 5.69. The molecule has 0 saturated heterocycles. The minimum absolute atomic E-state index is 0.875. The molecular weight excluding hydrogens is 338 g/mol. The summed E-state index contributed by atoms with van der Waals surface area (Å²) in [6.45, 7) is 4.63. The molecule has 1 aliphatic carbocycles. The highest BCUT2D eigenvalue weighted by atomic mass is 15.1. The minimum atomic E-state index is 0.875. The summed E-state index contributed by atoms with van der Waals surface area (Å²) < 4.78 is 0. The third-order valence-corrected chi connectivity index (χ3v) is 5.87. The lowest BCUT2D eigenvalue weighted by molar-refractivity contribution is 0.422. The van der Waals surface area contributed by atoms with Crippen molar-refractivity contribution in [1.82, 2.24) is 0 Å². The smallest absolute Gasteiger partial charge is 0.0458 e. The predicted molar refractivity (Wildman–Crippen MR) is 123 cm³/mol. The van der Waals surface area contributed by atoms with Gasteiger partial charge in [-0.15, -0.1) is 0 Å². The molecule has 1 atom stereocenters. The summed E-state index contributed by atoms with van der Waals surface area (Å²) in [6.07, 6.45) is 16.8. The second-order valence-electron chi connectivity index (χ2n) is 7.92. The van der Waals surface area contributed by atoms with Gasteiger partial charge >= 0.3 is 0 Å². The number of hydrogen-bond donors (Lipinski definition) is 0. The van der Waals surface area contributed by atoms with Gasteiger partial charge < -0.3 is 4.90 Å². The summed E-state index contributed by atoms with van der Waals surface area (Å²) in [5, 5.41) is 0. The number of aryl methyl sites for hydroxylation is 1. The van der Waals surface area contributed by atoms with Gasteiger partial charge in [-0.2, -0.15) is 0 Å². The van der Waals surface area contributed by atoms with Crippen LogP contribution in [-0.2, 0) is 6.42 Å². The second-order valence-corrected chi connectivity index (χ2v) is 7.92. The molecule has 1 aliphatic rings. The molecule has 0 aromatic heterocycles. The molecule has 3 rings (SSSR count). The number of para-hydroxylation sites is 1. The molecule has 0 spiro atoms. The fourth-order valence-electron chi connectivity index (χ4n) is 4.06. The standard InChI is InChI=1S/C27H35N/c1-3-5-12-23(4-2)17-18-24-19-21-27(22-20-24)28(25-13-8-6-9-14-25)26-15-10-7-11-16-26/h6-10,13-15,19-23H,3-5,11-12,16-18H2,1-2H3. The molecule has 0 N–H and O–H groups in total. The summed E-state index contributed by atoms with van der Waals surface area (Å²) in [7, 11) is 0. The minimum Gasteiger partial charge on any atom is -0.314 e. The van der Waals surface area contributed by atoms with Crippen LogP contribution in [0.25, 0.3) is 0 Å². The summed E-state index contributed by atoms with van der Waals surface area (Å²) in [5.74, 6) is 0.875. The molecule has 28 heavy (non-hydrogen) atoms. The first-order chi connectivity index (χ1) is 13.8. The average molecular weight is 374 g/mol. The van der Waals surface area contributed by atoms with Crippen LogP contribution in [0.2, 0.25) is 0 Å². The van der Waals surface area contributed by atoms with Gasteiger partial charge in [-0.05, 0) is 67.5 Å². The van der Waals surface area contributed by atoms with Gasteiger partial charge in [0.25, 0.3) is 0 Å². The van der Waals surface area contributed by atoms with Crippen LogP contribution >= 0.6 is 0 Å². The molecule has 0 fully saturated rings. The third kappa shape index (κ3) is 5.61. The Morgan fingerprint density at radius 3 is 2.29 bits per heavy atom. The highest BCUT2D eigenvalue weighted by Crippen LogP contribution is 2.33. The first kappa shape index (κ1) is 20.5. The van der Waals surface area contributed by atoms with Crippen molar-refractivity contribution in [3.05, 3.63) is 84.1 Å².